The Labute approximate surface area is 179 Å². The lowest BCUT2D eigenvalue weighted by atomic mass is 10.2. The van der Waals surface area contributed by atoms with Crippen LogP contribution >= 0.6 is 0 Å². The minimum absolute atomic E-state index is 0.0224. The van der Waals surface area contributed by atoms with Crippen LogP contribution in [0.4, 0.5) is 10.5 Å². The van der Waals surface area contributed by atoms with Crippen molar-refractivity contribution in [2.45, 2.75) is 26.0 Å². The van der Waals surface area contributed by atoms with Gasteiger partial charge in [-0.2, -0.15) is 0 Å². The molecule has 0 spiro atoms. The van der Waals surface area contributed by atoms with E-state index in [-0.39, 0.29) is 18.8 Å². The van der Waals surface area contributed by atoms with Gasteiger partial charge in [0, 0.05) is 24.9 Å². The summed E-state index contributed by atoms with van der Waals surface area (Å²) < 4.78 is 33.7. The van der Waals surface area contributed by atoms with Crippen LogP contribution in [0, 0.1) is 6.92 Å². The standard InChI is InChI=1S/C21H23N3O6S/c1-14-22-17-9-8-16(12-19(17)30-14)23-20(25)18(10-11-31(2,27)28)24-21(26)29-13-15-6-4-3-5-7-15/h3-9,12,18H,10-11,13H2,1-2H3,(H,23,25)(H,24,26). The summed E-state index contributed by atoms with van der Waals surface area (Å²) in [6, 6.07) is 12.9. The minimum atomic E-state index is -3.34. The van der Waals surface area contributed by atoms with Crippen LogP contribution in [0.5, 0.6) is 0 Å². The fourth-order valence-corrected chi connectivity index (χ4v) is 3.52. The molecule has 0 fully saturated rings. The average Bonchev–Trinajstić information content (AvgIpc) is 3.09. The van der Waals surface area contributed by atoms with Gasteiger partial charge in [0.15, 0.2) is 11.5 Å². The van der Waals surface area contributed by atoms with Gasteiger partial charge in [0.05, 0.1) is 5.75 Å². The van der Waals surface area contributed by atoms with Crippen molar-refractivity contribution in [1.29, 1.82) is 0 Å². The first kappa shape index (κ1) is 22.3. The van der Waals surface area contributed by atoms with Gasteiger partial charge in [-0.25, -0.2) is 18.2 Å². The van der Waals surface area contributed by atoms with Gasteiger partial charge >= 0.3 is 6.09 Å². The molecule has 3 rings (SSSR count). The largest absolute Gasteiger partial charge is 0.445 e. The van der Waals surface area contributed by atoms with Crippen LogP contribution in [0.1, 0.15) is 17.9 Å². The van der Waals surface area contributed by atoms with E-state index >= 15 is 0 Å². The van der Waals surface area contributed by atoms with Gasteiger partial charge in [-0.05, 0) is 24.1 Å². The molecule has 0 saturated carbocycles. The summed E-state index contributed by atoms with van der Waals surface area (Å²) in [5.41, 5.74) is 2.35. The predicted octanol–water partition coefficient (Wildman–Crippen LogP) is 2.80. The molecule has 0 bridgehead atoms. The molecule has 0 aliphatic heterocycles. The van der Waals surface area contributed by atoms with Gasteiger partial charge in [0.2, 0.25) is 5.91 Å². The van der Waals surface area contributed by atoms with E-state index in [0.717, 1.165) is 11.8 Å². The Bertz CT molecular complexity index is 1170. The Morgan fingerprint density at radius 2 is 1.90 bits per heavy atom. The topological polar surface area (TPSA) is 128 Å². The van der Waals surface area contributed by atoms with Crippen molar-refractivity contribution in [2.24, 2.45) is 0 Å². The van der Waals surface area contributed by atoms with Gasteiger partial charge in [-0.15, -0.1) is 0 Å². The second kappa shape index (κ2) is 9.61. The molecule has 2 amide bonds. The van der Waals surface area contributed by atoms with Crippen molar-refractivity contribution >= 4 is 38.6 Å². The molecule has 1 heterocycles. The maximum Gasteiger partial charge on any atom is 0.408 e. The number of nitrogens with zero attached hydrogens (tertiary/aromatic N) is 1. The molecular formula is C21H23N3O6S. The summed E-state index contributed by atoms with van der Waals surface area (Å²) in [6.45, 7) is 1.74. The number of aromatic nitrogens is 1. The molecule has 0 saturated heterocycles. The van der Waals surface area contributed by atoms with E-state index in [1.54, 1.807) is 37.3 Å². The van der Waals surface area contributed by atoms with Crippen LogP contribution in [0.25, 0.3) is 11.1 Å². The first-order chi connectivity index (χ1) is 14.7. The maximum atomic E-state index is 12.8. The molecule has 3 aromatic rings. The summed E-state index contributed by atoms with van der Waals surface area (Å²) in [5.74, 6) is -0.354. The molecule has 1 atom stereocenters. The van der Waals surface area contributed by atoms with Crippen LogP contribution in [0.3, 0.4) is 0 Å². The number of anilines is 1. The average molecular weight is 445 g/mol. The first-order valence-electron chi connectivity index (χ1n) is 9.52. The molecular weight excluding hydrogens is 422 g/mol. The molecule has 1 aromatic heterocycles. The fraction of sp³-hybridized carbons (Fsp3) is 0.286. The molecule has 0 aliphatic carbocycles. The van der Waals surface area contributed by atoms with Crippen molar-refractivity contribution in [1.82, 2.24) is 10.3 Å². The Balaban J connectivity index is 1.66. The minimum Gasteiger partial charge on any atom is -0.445 e. The predicted molar refractivity (Wildman–Crippen MR) is 115 cm³/mol. The summed E-state index contributed by atoms with van der Waals surface area (Å²) in [7, 11) is -3.34. The van der Waals surface area contributed by atoms with E-state index in [1.165, 1.54) is 0 Å². The van der Waals surface area contributed by atoms with E-state index in [4.69, 9.17) is 9.15 Å². The molecule has 9 nitrogen and oxygen atoms in total. The van der Waals surface area contributed by atoms with E-state index in [1.807, 2.05) is 18.2 Å². The number of aryl methyl sites for hydroxylation is 1. The Morgan fingerprint density at radius 3 is 2.61 bits per heavy atom. The number of alkyl carbamates (subject to hydrolysis) is 1. The highest BCUT2D eigenvalue weighted by Crippen LogP contribution is 2.20. The Hall–Kier alpha value is -3.40. The van der Waals surface area contributed by atoms with Crippen molar-refractivity contribution in [3.8, 4) is 0 Å². The number of hydrogen-bond acceptors (Lipinski definition) is 7. The highest BCUT2D eigenvalue weighted by molar-refractivity contribution is 7.90. The van der Waals surface area contributed by atoms with Crippen molar-refractivity contribution in [2.75, 3.05) is 17.3 Å². The molecule has 1 unspecified atom stereocenters. The van der Waals surface area contributed by atoms with E-state index in [9.17, 15) is 18.0 Å². The number of carbonyl (C=O) groups is 2. The SMILES string of the molecule is Cc1nc2ccc(NC(=O)C(CCS(C)(=O)=O)NC(=O)OCc3ccccc3)cc2o1. The number of hydrogen-bond donors (Lipinski definition) is 2. The third-order valence-electron chi connectivity index (χ3n) is 4.36. The monoisotopic (exact) mass is 445 g/mol. The van der Waals surface area contributed by atoms with Crippen LogP contribution in [-0.2, 0) is 26.0 Å². The number of rotatable bonds is 8. The molecule has 0 aliphatic rings. The number of nitrogens with one attached hydrogen (secondary N) is 2. The number of sulfone groups is 1. The number of amides is 2. The molecule has 2 N–H and O–H groups in total. The Morgan fingerprint density at radius 1 is 1.16 bits per heavy atom. The number of oxazole rings is 1. The van der Waals surface area contributed by atoms with Gasteiger partial charge < -0.3 is 19.8 Å². The van der Waals surface area contributed by atoms with Crippen LogP contribution in [0.15, 0.2) is 52.9 Å². The maximum absolute atomic E-state index is 12.8. The van der Waals surface area contributed by atoms with Crippen LogP contribution in [0.2, 0.25) is 0 Å². The number of fused-ring (bicyclic) bond motifs is 1. The zero-order valence-electron chi connectivity index (χ0n) is 17.1. The quantitative estimate of drug-likeness (QED) is 0.546. The van der Waals surface area contributed by atoms with Gasteiger partial charge in [-0.3, -0.25) is 4.79 Å². The lowest BCUT2D eigenvalue weighted by Gasteiger charge is -2.18. The molecule has 31 heavy (non-hydrogen) atoms. The number of ether oxygens (including phenoxy) is 1. The smallest absolute Gasteiger partial charge is 0.408 e. The van der Waals surface area contributed by atoms with Crippen molar-refractivity contribution in [3.05, 3.63) is 60.0 Å². The zero-order valence-corrected chi connectivity index (χ0v) is 17.9. The Kier molecular flexibility index (Phi) is 6.91. The summed E-state index contributed by atoms with van der Waals surface area (Å²) in [5, 5.41) is 5.11. The molecule has 0 radical (unpaired) electrons. The third-order valence-corrected chi connectivity index (χ3v) is 5.34. The lowest BCUT2D eigenvalue weighted by molar-refractivity contribution is -0.118. The second-order valence-electron chi connectivity index (χ2n) is 7.08. The fourth-order valence-electron chi connectivity index (χ4n) is 2.85. The lowest BCUT2D eigenvalue weighted by Crippen LogP contribution is -2.45. The van der Waals surface area contributed by atoms with Gasteiger partial charge in [0.25, 0.3) is 0 Å². The van der Waals surface area contributed by atoms with Crippen molar-refractivity contribution in [3.63, 3.8) is 0 Å². The number of benzene rings is 2. The molecule has 10 heteroatoms. The highest BCUT2D eigenvalue weighted by Gasteiger charge is 2.23. The summed E-state index contributed by atoms with van der Waals surface area (Å²) in [4.78, 5) is 29.1. The zero-order chi connectivity index (χ0) is 22.4. The normalized spacial score (nSPS) is 12.3. The van der Waals surface area contributed by atoms with Crippen LogP contribution < -0.4 is 10.6 Å². The molecule has 164 valence electrons. The second-order valence-corrected chi connectivity index (χ2v) is 9.34. The third kappa shape index (κ3) is 6.82. The molecule has 2 aromatic carbocycles. The highest BCUT2D eigenvalue weighted by atomic mass is 32.2. The van der Waals surface area contributed by atoms with Crippen molar-refractivity contribution < 1.29 is 27.2 Å². The summed E-state index contributed by atoms with van der Waals surface area (Å²) >= 11 is 0. The van der Waals surface area contributed by atoms with Gasteiger partial charge in [-0.1, -0.05) is 30.3 Å². The number of carbonyl (C=O) groups excluding carboxylic acids is 2. The van der Waals surface area contributed by atoms with E-state index in [0.29, 0.717) is 22.7 Å². The summed E-state index contributed by atoms with van der Waals surface area (Å²) in [6.07, 6.45) is 0.142. The van der Waals surface area contributed by atoms with E-state index in [2.05, 4.69) is 15.6 Å². The van der Waals surface area contributed by atoms with Crippen LogP contribution in [-0.4, -0.2) is 43.5 Å². The van der Waals surface area contributed by atoms with Gasteiger partial charge in [0.1, 0.15) is 28.0 Å². The van der Waals surface area contributed by atoms with E-state index < -0.39 is 27.9 Å². The first-order valence-corrected chi connectivity index (χ1v) is 11.6.